The van der Waals surface area contributed by atoms with Gasteiger partial charge in [0, 0.05) is 5.57 Å². The second-order valence-electron chi connectivity index (χ2n) is 5.44. The van der Waals surface area contributed by atoms with E-state index in [9.17, 15) is 13.6 Å². The first-order valence-corrected chi connectivity index (χ1v) is 7.70. The highest BCUT2D eigenvalue weighted by molar-refractivity contribution is 6.14. The zero-order chi connectivity index (χ0) is 18.7. The van der Waals surface area contributed by atoms with Crippen LogP contribution in [0.1, 0.15) is 15.9 Å². The average molecular weight is 362 g/mol. The Morgan fingerprint density at radius 3 is 2.58 bits per heavy atom. The van der Waals surface area contributed by atoms with Crippen LogP contribution in [0.4, 0.5) is 8.78 Å². The number of alkyl halides is 2. The SMILES string of the molecule is COc1ccc2c(c1)C(=O)C(=Cc1ccc(OC(F)F)c(OC)c1)CO2. The Balaban J connectivity index is 1.91. The van der Waals surface area contributed by atoms with E-state index in [1.807, 2.05) is 0 Å². The monoisotopic (exact) mass is 362 g/mol. The van der Waals surface area contributed by atoms with Crippen LogP contribution in [-0.4, -0.2) is 33.2 Å². The molecule has 0 bridgehead atoms. The van der Waals surface area contributed by atoms with E-state index in [0.717, 1.165) is 0 Å². The minimum absolute atomic E-state index is 0.0778. The van der Waals surface area contributed by atoms with Crippen molar-refractivity contribution in [1.29, 1.82) is 0 Å². The molecule has 1 aliphatic rings. The third-order valence-electron chi connectivity index (χ3n) is 3.85. The van der Waals surface area contributed by atoms with Gasteiger partial charge in [-0.1, -0.05) is 6.07 Å². The second-order valence-corrected chi connectivity index (χ2v) is 5.44. The Hall–Kier alpha value is -3.09. The number of benzene rings is 2. The molecule has 0 atom stereocenters. The fraction of sp³-hybridized carbons (Fsp3) is 0.211. The van der Waals surface area contributed by atoms with E-state index in [0.29, 0.717) is 28.2 Å². The fourth-order valence-corrected chi connectivity index (χ4v) is 2.61. The molecule has 0 saturated carbocycles. The maximum absolute atomic E-state index is 12.7. The highest BCUT2D eigenvalue weighted by Crippen LogP contribution is 2.33. The summed E-state index contributed by atoms with van der Waals surface area (Å²) in [6, 6.07) is 9.45. The number of carbonyl (C=O) groups excluding carboxylic acids is 1. The number of Topliss-reactive ketones (excluding diaryl/α,β-unsaturated/α-hetero) is 1. The van der Waals surface area contributed by atoms with Crippen LogP contribution in [0.25, 0.3) is 6.08 Å². The molecule has 0 saturated heterocycles. The van der Waals surface area contributed by atoms with E-state index in [1.54, 1.807) is 30.3 Å². The van der Waals surface area contributed by atoms with E-state index >= 15 is 0 Å². The number of rotatable bonds is 5. The Bertz CT molecular complexity index is 861. The third kappa shape index (κ3) is 3.61. The molecule has 1 aliphatic heterocycles. The second kappa shape index (κ2) is 7.43. The minimum Gasteiger partial charge on any atom is -0.497 e. The summed E-state index contributed by atoms with van der Waals surface area (Å²) in [5, 5.41) is 0. The molecule has 5 nitrogen and oxygen atoms in total. The van der Waals surface area contributed by atoms with Gasteiger partial charge >= 0.3 is 6.61 Å². The molecule has 3 rings (SSSR count). The predicted octanol–water partition coefficient (Wildman–Crippen LogP) is 3.96. The van der Waals surface area contributed by atoms with Crippen LogP contribution in [0.3, 0.4) is 0 Å². The van der Waals surface area contributed by atoms with Crippen LogP contribution in [0.2, 0.25) is 0 Å². The molecule has 0 N–H and O–H groups in total. The molecule has 0 spiro atoms. The first kappa shape index (κ1) is 17.7. The number of halogens is 2. The molecule has 0 unspecified atom stereocenters. The summed E-state index contributed by atoms with van der Waals surface area (Å²) in [4.78, 5) is 12.7. The summed E-state index contributed by atoms with van der Waals surface area (Å²) in [5.41, 5.74) is 1.43. The lowest BCUT2D eigenvalue weighted by molar-refractivity contribution is -0.0512. The fourth-order valence-electron chi connectivity index (χ4n) is 2.61. The molecule has 7 heteroatoms. The number of ketones is 1. The topological polar surface area (TPSA) is 54.0 Å². The van der Waals surface area contributed by atoms with E-state index in [2.05, 4.69) is 4.74 Å². The average Bonchev–Trinajstić information content (AvgIpc) is 2.64. The Kier molecular flexibility index (Phi) is 5.06. The number of carbonyl (C=O) groups is 1. The summed E-state index contributed by atoms with van der Waals surface area (Å²) in [5.74, 6) is 0.928. The largest absolute Gasteiger partial charge is 0.497 e. The van der Waals surface area contributed by atoms with Gasteiger partial charge in [-0.05, 0) is 42.0 Å². The van der Waals surface area contributed by atoms with Crippen LogP contribution in [-0.2, 0) is 0 Å². The smallest absolute Gasteiger partial charge is 0.387 e. The maximum Gasteiger partial charge on any atom is 0.387 e. The van der Waals surface area contributed by atoms with E-state index < -0.39 is 6.61 Å². The summed E-state index contributed by atoms with van der Waals surface area (Å²) >= 11 is 0. The summed E-state index contributed by atoms with van der Waals surface area (Å²) < 4.78 is 45.0. The standard InChI is InChI=1S/C19H16F2O5/c1-23-13-4-6-15-14(9-13)18(22)12(10-25-15)7-11-3-5-16(26-19(20)21)17(8-11)24-2/h3-9,19H,10H2,1-2H3. The normalized spacial score (nSPS) is 14.8. The molecular formula is C19H16F2O5. The maximum atomic E-state index is 12.7. The Morgan fingerprint density at radius 1 is 1.08 bits per heavy atom. The molecule has 26 heavy (non-hydrogen) atoms. The lowest BCUT2D eigenvalue weighted by Gasteiger charge is -2.19. The van der Waals surface area contributed by atoms with Gasteiger partial charge in [0.1, 0.15) is 18.1 Å². The third-order valence-corrected chi connectivity index (χ3v) is 3.85. The Labute approximate surface area is 148 Å². The minimum atomic E-state index is -2.95. The van der Waals surface area contributed by atoms with Crippen LogP contribution in [0.15, 0.2) is 42.0 Å². The van der Waals surface area contributed by atoms with Crippen molar-refractivity contribution in [2.45, 2.75) is 6.61 Å². The van der Waals surface area contributed by atoms with Gasteiger partial charge < -0.3 is 18.9 Å². The van der Waals surface area contributed by atoms with Crippen molar-refractivity contribution in [3.05, 3.63) is 53.1 Å². The van der Waals surface area contributed by atoms with Crippen molar-refractivity contribution in [2.24, 2.45) is 0 Å². The van der Waals surface area contributed by atoms with Crippen molar-refractivity contribution in [3.63, 3.8) is 0 Å². The summed E-state index contributed by atoms with van der Waals surface area (Å²) in [6.07, 6.45) is 1.62. The number of methoxy groups -OCH3 is 2. The van der Waals surface area contributed by atoms with Crippen molar-refractivity contribution in [2.75, 3.05) is 20.8 Å². The van der Waals surface area contributed by atoms with Gasteiger partial charge in [-0.3, -0.25) is 4.79 Å². The number of hydrogen-bond donors (Lipinski definition) is 0. The molecular weight excluding hydrogens is 346 g/mol. The lowest BCUT2D eigenvalue weighted by Crippen LogP contribution is -2.19. The van der Waals surface area contributed by atoms with Gasteiger partial charge in [0.2, 0.25) is 0 Å². The number of ether oxygens (including phenoxy) is 4. The lowest BCUT2D eigenvalue weighted by atomic mass is 9.98. The van der Waals surface area contributed by atoms with Crippen molar-refractivity contribution >= 4 is 11.9 Å². The van der Waals surface area contributed by atoms with Gasteiger partial charge in [0.15, 0.2) is 17.3 Å². The highest BCUT2D eigenvalue weighted by atomic mass is 19.3. The van der Waals surface area contributed by atoms with E-state index in [-0.39, 0.29) is 23.9 Å². The van der Waals surface area contributed by atoms with Gasteiger partial charge in [0.25, 0.3) is 0 Å². The highest BCUT2D eigenvalue weighted by Gasteiger charge is 2.24. The first-order valence-electron chi connectivity index (χ1n) is 7.70. The van der Waals surface area contributed by atoms with E-state index in [1.165, 1.54) is 26.4 Å². The Morgan fingerprint density at radius 2 is 1.88 bits per heavy atom. The van der Waals surface area contributed by atoms with Gasteiger partial charge in [-0.25, -0.2) is 0 Å². The van der Waals surface area contributed by atoms with Gasteiger partial charge in [0.05, 0.1) is 19.8 Å². The van der Waals surface area contributed by atoms with E-state index in [4.69, 9.17) is 14.2 Å². The van der Waals surface area contributed by atoms with Gasteiger partial charge in [-0.2, -0.15) is 8.78 Å². The zero-order valence-corrected chi connectivity index (χ0v) is 14.1. The van der Waals surface area contributed by atoms with Crippen LogP contribution in [0, 0.1) is 0 Å². The van der Waals surface area contributed by atoms with Crippen LogP contribution in [0.5, 0.6) is 23.0 Å². The zero-order valence-electron chi connectivity index (χ0n) is 14.1. The first-order chi connectivity index (χ1) is 12.5. The number of fused-ring (bicyclic) bond motifs is 1. The molecule has 0 fully saturated rings. The molecule has 0 aromatic heterocycles. The summed E-state index contributed by atoms with van der Waals surface area (Å²) in [6.45, 7) is -2.84. The van der Waals surface area contributed by atoms with Gasteiger partial charge in [-0.15, -0.1) is 0 Å². The van der Waals surface area contributed by atoms with Crippen molar-refractivity contribution in [1.82, 2.24) is 0 Å². The molecule has 0 radical (unpaired) electrons. The van der Waals surface area contributed by atoms with Crippen molar-refractivity contribution in [3.8, 4) is 23.0 Å². The quantitative estimate of drug-likeness (QED) is 0.754. The van der Waals surface area contributed by atoms with Crippen LogP contribution < -0.4 is 18.9 Å². The summed E-state index contributed by atoms with van der Waals surface area (Å²) in [7, 11) is 2.86. The predicted molar refractivity (Wildman–Crippen MR) is 90.4 cm³/mol. The molecule has 2 aromatic rings. The molecule has 136 valence electrons. The van der Waals surface area contributed by atoms with Crippen molar-refractivity contribution < 1.29 is 32.5 Å². The molecule has 0 amide bonds. The molecule has 0 aliphatic carbocycles. The molecule has 2 aromatic carbocycles. The molecule has 1 heterocycles. The van der Waals surface area contributed by atoms with Crippen LogP contribution >= 0.6 is 0 Å². The number of hydrogen-bond acceptors (Lipinski definition) is 5.